The highest BCUT2D eigenvalue weighted by molar-refractivity contribution is 5.75. The molecule has 0 radical (unpaired) electrons. The van der Waals surface area contributed by atoms with Crippen molar-refractivity contribution in [3.05, 3.63) is 12.2 Å². The van der Waals surface area contributed by atoms with Gasteiger partial charge in [-0.2, -0.15) is 0 Å². The molecule has 1 aliphatic rings. The molecule has 0 aromatic carbocycles. The minimum atomic E-state index is -0.858. The van der Waals surface area contributed by atoms with Crippen LogP contribution in [0.3, 0.4) is 0 Å². The number of rotatable bonds is 8. The summed E-state index contributed by atoms with van der Waals surface area (Å²) in [5.74, 6) is -0.941. The van der Waals surface area contributed by atoms with Crippen LogP contribution in [0.4, 0.5) is 0 Å². The Morgan fingerprint density at radius 3 is 2.64 bits per heavy atom. The summed E-state index contributed by atoms with van der Waals surface area (Å²) in [6.45, 7) is 5.45. The normalized spacial score (nSPS) is 27.7. The van der Waals surface area contributed by atoms with E-state index in [1.807, 2.05) is 19.1 Å². The van der Waals surface area contributed by atoms with Crippen molar-refractivity contribution in [2.45, 2.75) is 64.3 Å². The predicted octanol–water partition coefficient (Wildman–Crippen LogP) is 1.31. The van der Waals surface area contributed by atoms with Crippen molar-refractivity contribution in [2.24, 2.45) is 5.92 Å². The maximum atomic E-state index is 11.6. The maximum absolute atomic E-state index is 11.6. The van der Waals surface area contributed by atoms with Crippen molar-refractivity contribution in [3.8, 4) is 0 Å². The Morgan fingerprint density at radius 2 is 2.18 bits per heavy atom. The van der Waals surface area contributed by atoms with Crippen LogP contribution in [0.2, 0.25) is 0 Å². The molecule has 1 saturated heterocycles. The van der Waals surface area contributed by atoms with Gasteiger partial charge in [0.25, 0.3) is 0 Å². The second kappa shape index (κ2) is 8.90. The van der Waals surface area contributed by atoms with Crippen LogP contribution in [0.15, 0.2) is 12.2 Å². The quantitative estimate of drug-likeness (QED) is 0.588. The van der Waals surface area contributed by atoms with Crippen molar-refractivity contribution in [1.29, 1.82) is 0 Å². The van der Waals surface area contributed by atoms with Crippen LogP contribution >= 0.6 is 0 Å². The van der Waals surface area contributed by atoms with Crippen LogP contribution in [0, 0.1) is 5.92 Å². The average Bonchev–Trinajstić information content (AvgIpc) is 2.87. The maximum Gasteiger partial charge on any atom is 0.320 e. The molecule has 0 bridgehead atoms. The zero-order chi connectivity index (χ0) is 16.7. The molecule has 5 atom stereocenters. The molecule has 0 spiro atoms. The van der Waals surface area contributed by atoms with Crippen molar-refractivity contribution >= 4 is 11.9 Å². The fraction of sp³-hybridized carbons (Fsp3) is 0.750. The molecule has 0 aliphatic carbocycles. The third-order valence-corrected chi connectivity index (χ3v) is 4.13. The van der Waals surface area contributed by atoms with Crippen LogP contribution in [-0.2, 0) is 14.3 Å². The fourth-order valence-electron chi connectivity index (χ4n) is 3.21. The lowest BCUT2D eigenvalue weighted by molar-refractivity contribution is -0.139. The molecule has 1 fully saturated rings. The van der Waals surface area contributed by atoms with Crippen LogP contribution in [0.5, 0.6) is 0 Å². The van der Waals surface area contributed by atoms with Gasteiger partial charge in [0.05, 0.1) is 12.1 Å². The summed E-state index contributed by atoms with van der Waals surface area (Å²) in [7, 11) is 1.63. The molecule has 6 nitrogen and oxygen atoms in total. The average molecular weight is 312 g/mol. The number of aliphatic carboxylic acids is 1. The molecule has 0 unspecified atom stereocenters. The first-order valence-corrected chi connectivity index (χ1v) is 7.86. The SMILES string of the molecule is C/C=C\[C@@H]1C[C@H](C(=O)O)N[C@H]1[C@@H](NC(C)=O)[C@@H](CCC)OC. The molecule has 126 valence electrons. The molecule has 6 heteroatoms. The third kappa shape index (κ3) is 4.81. The lowest BCUT2D eigenvalue weighted by Crippen LogP contribution is -2.57. The van der Waals surface area contributed by atoms with Gasteiger partial charge in [0.2, 0.25) is 5.91 Å². The van der Waals surface area contributed by atoms with E-state index in [0.29, 0.717) is 6.42 Å². The monoisotopic (exact) mass is 312 g/mol. The summed E-state index contributed by atoms with van der Waals surface area (Å²) >= 11 is 0. The van der Waals surface area contributed by atoms with Gasteiger partial charge in [0.15, 0.2) is 0 Å². The van der Waals surface area contributed by atoms with Crippen LogP contribution in [0.25, 0.3) is 0 Å². The summed E-state index contributed by atoms with van der Waals surface area (Å²) in [6, 6.07) is -1.01. The van der Waals surface area contributed by atoms with E-state index in [1.165, 1.54) is 6.92 Å². The van der Waals surface area contributed by atoms with Crippen molar-refractivity contribution in [2.75, 3.05) is 7.11 Å². The number of carbonyl (C=O) groups is 2. The van der Waals surface area contributed by atoms with E-state index in [4.69, 9.17) is 4.74 Å². The number of nitrogens with one attached hydrogen (secondary N) is 2. The van der Waals surface area contributed by atoms with Crippen molar-refractivity contribution in [3.63, 3.8) is 0 Å². The highest BCUT2D eigenvalue weighted by Crippen LogP contribution is 2.27. The number of amides is 1. The summed E-state index contributed by atoms with van der Waals surface area (Å²) in [5, 5.41) is 15.4. The Bertz CT molecular complexity index is 411. The highest BCUT2D eigenvalue weighted by atomic mass is 16.5. The number of carbonyl (C=O) groups excluding carboxylic acids is 1. The lowest BCUT2D eigenvalue weighted by Gasteiger charge is -2.34. The van der Waals surface area contributed by atoms with E-state index < -0.39 is 12.0 Å². The van der Waals surface area contributed by atoms with Crippen molar-refractivity contribution < 1.29 is 19.4 Å². The van der Waals surface area contributed by atoms with Gasteiger partial charge in [-0.1, -0.05) is 25.5 Å². The zero-order valence-corrected chi connectivity index (χ0v) is 13.8. The lowest BCUT2D eigenvalue weighted by atomic mass is 9.88. The van der Waals surface area contributed by atoms with Crippen molar-refractivity contribution in [1.82, 2.24) is 10.6 Å². The number of allylic oxidation sites excluding steroid dienone is 1. The number of methoxy groups -OCH3 is 1. The number of hydrogen-bond acceptors (Lipinski definition) is 4. The second-order valence-corrected chi connectivity index (χ2v) is 5.80. The molecule has 0 aromatic rings. The van der Waals surface area contributed by atoms with Gasteiger partial charge in [0, 0.05) is 20.1 Å². The van der Waals surface area contributed by atoms with Gasteiger partial charge < -0.3 is 15.2 Å². The van der Waals surface area contributed by atoms with Crippen LogP contribution in [-0.4, -0.2) is 48.3 Å². The molecular weight excluding hydrogens is 284 g/mol. The molecule has 1 amide bonds. The number of carboxylic acids is 1. The van der Waals surface area contributed by atoms with E-state index in [9.17, 15) is 14.7 Å². The van der Waals surface area contributed by atoms with E-state index in [0.717, 1.165) is 12.8 Å². The smallest absolute Gasteiger partial charge is 0.320 e. The summed E-state index contributed by atoms with van der Waals surface area (Å²) in [4.78, 5) is 22.9. The number of carboxylic acid groups (broad SMARTS) is 1. The number of ether oxygens (including phenoxy) is 1. The second-order valence-electron chi connectivity index (χ2n) is 5.80. The van der Waals surface area contributed by atoms with E-state index in [1.54, 1.807) is 7.11 Å². The summed E-state index contributed by atoms with van der Waals surface area (Å²) < 4.78 is 5.56. The third-order valence-electron chi connectivity index (χ3n) is 4.13. The Kier molecular flexibility index (Phi) is 7.55. The molecule has 1 aliphatic heterocycles. The first kappa shape index (κ1) is 18.6. The number of hydrogen-bond donors (Lipinski definition) is 3. The molecule has 22 heavy (non-hydrogen) atoms. The van der Waals surface area contributed by atoms with E-state index in [-0.39, 0.29) is 30.0 Å². The summed E-state index contributed by atoms with van der Waals surface area (Å²) in [6.07, 6.45) is 6.04. The first-order valence-electron chi connectivity index (χ1n) is 7.86. The molecule has 1 heterocycles. The van der Waals surface area contributed by atoms with Gasteiger partial charge in [-0.15, -0.1) is 0 Å². The Morgan fingerprint density at radius 1 is 1.50 bits per heavy atom. The first-order chi connectivity index (χ1) is 10.4. The molecular formula is C16H28N2O4. The van der Waals surface area contributed by atoms with E-state index >= 15 is 0 Å². The fourth-order valence-corrected chi connectivity index (χ4v) is 3.21. The van der Waals surface area contributed by atoms with Gasteiger partial charge in [0.1, 0.15) is 6.04 Å². The Labute approximate surface area is 132 Å². The Hall–Kier alpha value is -1.40. The van der Waals surface area contributed by atoms with Gasteiger partial charge >= 0.3 is 5.97 Å². The molecule has 3 N–H and O–H groups in total. The van der Waals surface area contributed by atoms with Crippen LogP contribution in [0.1, 0.15) is 40.0 Å². The van der Waals surface area contributed by atoms with Gasteiger partial charge in [-0.25, -0.2) is 0 Å². The topological polar surface area (TPSA) is 87.7 Å². The van der Waals surface area contributed by atoms with E-state index in [2.05, 4.69) is 17.6 Å². The van der Waals surface area contributed by atoms with Gasteiger partial charge in [-0.05, 0) is 25.7 Å². The van der Waals surface area contributed by atoms with Gasteiger partial charge in [-0.3, -0.25) is 14.9 Å². The molecule has 0 aromatic heterocycles. The highest BCUT2D eigenvalue weighted by Gasteiger charge is 2.43. The minimum absolute atomic E-state index is 0.0532. The molecule has 0 saturated carbocycles. The summed E-state index contributed by atoms with van der Waals surface area (Å²) in [5.41, 5.74) is 0. The molecule has 1 rings (SSSR count). The zero-order valence-electron chi connectivity index (χ0n) is 13.8. The standard InChI is InChI=1S/C16H28N2O4/c1-5-7-11-9-12(16(20)21)18-14(11)15(17-10(3)19)13(22-4)8-6-2/h5,7,11-15,18H,6,8-9H2,1-4H3,(H,17,19)(H,20,21)/b7-5-/t11-,12-,13-,14-,15+/m1/s1. The Balaban J connectivity index is 3.02. The minimum Gasteiger partial charge on any atom is -0.480 e. The predicted molar refractivity (Wildman–Crippen MR) is 84.6 cm³/mol. The largest absolute Gasteiger partial charge is 0.480 e. The van der Waals surface area contributed by atoms with Crippen LogP contribution < -0.4 is 10.6 Å².